The Hall–Kier alpha value is -2.86. The number of amides is 1. The van der Waals surface area contributed by atoms with Gasteiger partial charge in [-0.25, -0.2) is 14.3 Å². The number of imidazole rings is 1. The van der Waals surface area contributed by atoms with E-state index in [0.717, 1.165) is 11.3 Å². The largest absolute Gasteiger partial charge is 0.445 e. The van der Waals surface area contributed by atoms with Crippen LogP contribution in [0, 0.1) is 0 Å². The second-order valence-electron chi connectivity index (χ2n) is 4.95. The van der Waals surface area contributed by atoms with E-state index >= 15 is 0 Å². The molecule has 0 radical (unpaired) electrons. The molecule has 24 heavy (non-hydrogen) atoms. The van der Waals surface area contributed by atoms with Gasteiger partial charge in [0.1, 0.15) is 11.8 Å². The van der Waals surface area contributed by atoms with Gasteiger partial charge in [-0.2, -0.15) is 5.10 Å². The van der Waals surface area contributed by atoms with Crippen LogP contribution >= 0.6 is 11.6 Å². The Balaban J connectivity index is 1.49. The molecular formula is C17H15ClN4O2. The number of hydrogen-bond acceptors (Lipinski definition) is 4. The van der Waals surface area contributed by atoms with Crippen LogP contribution in [0.5, 0.6) is 0 Å². The molecule has 0 spiro atoms. The molecule has 2 heterocycles. The molecule has 0 fully saturated rings. The number of fused-ring (bicyclic) bond motifs is 1. The molecule has 0 aliphatic carbocycles. The first-order valence-corrected chi connectivity index (χ1v) is 7.71. The molecule has 3 aromatic rings. The van der Waals surface area contributed by atoms with E-state index in [1.807, 2.05) is 30.3 Å². The number of hydrogen-bond donors (Lipinski definition) is 1. The number of nitrogens with one attached hydrogen (secondary N) is 1. The minimum Gasteiger partial charge on any atom is -0.445 e. The summed E-state index contributed by atoms with van der Waals surface area (Å²) >= 11 is 5.88. The van der Waals surface area contributed by atoms with Crippen molar-refractivity contribution in [2.75, 3.05) is 6.54 Å². The predicted octanol–water partition coefficient (Wildman–Crippen LogP) is 3.32. The van der Waals surface area contributed by atoms with E-state index in [4.69, 9.17) is 16.3 Å². The van der Waals surface area contributed by atoms with Crippen LogP contribution in [0.1, 0.15) is 11.3 Å². The van der Waals surface area contributed by atoms with Crippen LogP contribution in [-0.2, 0) is 11.3 Å². The van der Waals surface area contributed by atoms with E-state index in [1.165, 1.54) is 0 Å². The zero-order valence-electron chi connectivity index (χ0n) is 12.7. The zero-order valence-corrected chi connectivity index (χ0v) is 13.5. The first kappa shape index (κ1) is 16.0. The SMILES string of the molecule is O=C(NCC=Cc1cnc2ccc(Cl)nn12)OCc1ccccc1. The summed E-state index contributed by atoms with van der Waals surface area (Å²) in [5.74, 6) is 0. The number of alkyl carbamates (subject to hydrolysis) is 1. The fraction of sp³-hybridized carbons (Fsp3) is 0.118. The molecule has 6 nitrogen and oxygen atoms in total. The molecule has 1 N–H and O–H groups in total. The van der Waals surface area contributed by atoms with Gasteiger partial charge in [0.2, 0.25) is 0 Å². The Labute approximate surface area is 143 Å². The lowest BCUT2D eigenvalue weighted by Crippen LogP contribution is -2.24. The van der Waals surface area contributed by atoms with Crippen molar-refractivity contribution in [2.24, 2.45) is 0 Å². The molecule has 0 saturated carbocycles. The second kappa shape index (κ2) is 7.61. The van der Waals surface area contributed by atoms with Gasteiger partial charge in [-0.05, 0) is 23.8 Å². The molecule has 0 aliphatic heterocycles. The van der Waals surface area contributed by atoms with Crippen molar-refractivity contribution in [2.45, 2.75) is 6.61 Å². The molecule has 3 rings (SSSR count). The minimum atomic E-state index is -0.470. The van der Waals surface area contributed by atoms with Gasteiger partial charge in [0.05, 0.1) is 11.9 Å². The smallest absolute Gasteiger partial charge is 0.407 e. The molecule has 1 amide bonds. The maximum absolute atomic E-state index is 11.6. The Morgan fingerprint density at radius 2 is 2.08 bits per heavy atom. The number of halogens is 1. The summed E-state index contributed by atoms with van der Waals surface area (Å²) in [5.41, 5.74) is 2.41. The van der Waals surface area contributed by atoms with Crippen molar-refractivity contribution in [3.05, 3.63) is 71.1 Å². The van der Waals surface area contributed by atoms with Crippen LogP contribution in [0.15, 0.2) is 54.7 Å². The summed E-state index contributed by atoms with van der Waals surface area (Å²) in [6.07, 6.45) is 4.81. The normalized spacial score (nSPS) is 11.0. The van der Waals surface area contributed by atoms with Crippen LogP contribution in [0.25, 0.3) is 11.7 Å². The molecule has 0 aliphatic rings. The van der Waals surface area contributed by atoms with Crippen molar-refractivity contribution < 1.29 is 9.53 Å². The number of nitrogens with zero attached hydrogens (tertiary/aromatic N) is 3. The average Bonchev–Trinajstić information content (AvgIpc) is 3.00. The number of carbonyl (C=O) groups excluding carboxylic acids is 1. The summed E-state index contributed by atoms with van der Waals surface area (Å²) in [7, 11) is 0. The van der Waals surface area contributed by atoms with Gasteiger partial charge < -0.3 is 10.1 Å². The second-order valence-corrected chi connectivity index (χ2v) is 5.34. The summed E-state index contributed by atoms with van der Waals surface area (Å²) in [6.45, 7) is 0.577. The Morgan fingerprint density at radius 3 is 2.92 bits per heavy atom. The molecule has 1 aromatic carbocycles. The molecule has 2 aromatic heterocycles. The van der Waals surface area contributed by atoms with E-state index in [-0.39, 0.29) is 6.61 Å². The summed E-state index contributed by atoms with van der Waals surface area (Å²) in [4.78, 5) is 15.8. The van der Waals surface area contributed by atoms with E-state index in [9.17, 15) is 4.79 Å². The highest BCUT2D eigenvalue weighted by Gasteiger charge is 2.03. The van der Waals surface area contributed by atoms with Gasteiger partial charge >= 0.3 is 6.09 Å². The maximum atomic E-state index is 11.6. The van der Waals surface area contributed by atoms with Gasteiger partial charge in [0.15, 0.2) is 5.65 Å². The number of rotatable bonds is 5. The van der Waals surface area contributed by atoms with Crippen LogP contribution in [-0.4, -0.2) is 27.2 Å². The predicted molar refractivity (Wildman–Crippen MR) is 91.7 cm³/mol. The van der Waals surface area contributed by atoms with Gasteiger partial charge in [-0.1, -0.05) is 48.0 Å². The number of ether oxygens (including phenoxy) is 1. The first-order valence-electron chi connectivity index (χ1n) is 7.34. The van der Waals surface area contributed by atoms with E-state index < -0.39 is 6.09 Å². The lowest BCUT2D eigenvalue weighted by atomic mass is 10.2. The fourth-order valence-corrected chi connectivity index (χ4v) is 2.22. The molecule has 0 atom stereocenters. The monoisotopic (exact) mass is 342 g/mol. The molecule has 7 heteroatoms. The van der Waals surface area contributed by atoms with Crippen LogP contribution in [0.2, 0.25) is 5.15 Å². The zero-order chi connectivity index (χ0) is 16.8. The van der Waals surface area contributed by atoms with Crippen LogP contribution in [0.3, 0.4) is 0 Å². The van der Waals surface area contributed by atoms with Crippen molar-refractivity contribution in [3.8, 4) is 0 Å². The van der Waals surface area contributed by atoms with E-state index in [0.29, 0.717) is 17.3 Å². The van der Waals surface area contributed by atoms with E-state index in [1.54, 1.807) is 35.0 Å². The third-order valence-corrected chi connectivity index (χ3v) is 3.42. The Morgan fingerprint density at radius 1 is 1.25 bits per heavy atom. The molecule has 0 saturated heterocycles. The standard InChI is InChI=1S/C17H15ClN4O2/c18-15-8-9-16-20-11-14(22(16)21-15)7-4-10-19-17(23)24-12-13-5-2-1-3-6-13/h1-9,11H,10,12H2,(H,19,23). The van der Waals surface area contributed by atoms with Gasteiger partial charge in [0.25, 0.3) is 0 Å². The number of aromatic nitrogens is 3. The third-order valence-electron chi connectivity index (χ3n) is 3.22. The number of benzene rings is 1. The summed E-state index contributed by atoms with van der Waals surface area (Å²) in [6, 6.07) is 13.0. The van der Waals surface area contributed by atoms with E-state index in [2.05, 4.69) is 15.4 Å². The van der Waals surface area contributed by atoms with Gasteiger partial charge in [-0.3, -0.25) is 0 Å². The lowest BCUT2D eigenvalue weighted by molar-refractivity contribution is 0.141. The highest BCUT2D eigenvalue weighted by molar-refractivity contribution is 6.29. The van der Waals surface area contributed by atoms with Crippen molar-refractivity contribution in [3.63, 3.8) is 0 Å². The summed E-state index contributed by atoms with van der Waals surface area (Å²) < 4.78 is 6.75. The van der Waals surface area contributed by atoms with Gasteiger partial charge in [0, 0.05) is 6.54 Å². The number of carbonyl (C=O) groups is 1. The molecule has 122 valence electrons. The quantitative estimate of drug-likeness (QED) is 0.772. The van der Waals surface area contributed by atoms with Gasteiger partial charge in [-0.15, -0.1) is 0 Å². The summed E-state index contributed by atoms with van der Waals surface area (Å²) in [5, 5.41) is 7.21. The molecule has 0 unspecified atom stereocenters. The van der Waals surface area contributed by atoms with Crippen LogP contribution in [0.4, 0.5) is 4.79 Å². The molecular weight excluding hydrogens is 328 g/mol. The fourth-order valence-electron chi connectivity index (χ4n) is 2.08. The maximum Gasteiger partial charge on any atom is 0.407 e. The lowest BCUT2D eigenvalue weighted by Gasteiger charge is -2.05. The molecule has 0 bridgehead atoms. The van der Waals surface area contributed by atoms with Crippen molar-refractivity contribution in [1.82, 2.24) is 19.9 Å². The Kier molecular flexibility index (Phi) is 5.08. The van der Waals surface area contributed by atoms with Crippen molar-refractivity contribution >= 4 is 29.4 Å². The van der Waals surface area contributed by atoms with Crippen LogP contribution < -0.4 is 5.32 Å². The van der Waals surface area contributed by atoms with Crippen molar-refractivity contribution in [1.29, 1.82) is 0 Å². The minimum absolute atomic E-state index is 0.242. The highest BCUT2D eigenvalue weighted by atomic mass is 35.5. The topological polar surface area (TPSA) is 68.5 Å². The third kappa shape index (κ3) is 4.11. The Bertz CT molecular complexity index is 861. The average molecular weight is 343 g/mol. The highest BCUT2D eigenvalue weighted by Crippen LogP contribution is 2.10. The first-order chi connectivity index (χ1) is 11.7.